The second kappa shape index (κ2) is 5.02. The van der Waals surface area contributed by atoms with E-state index in [4.69, 9.17) is 0 Å². The Morgan fingerprint density at radius 1 is 1.00 bits per heavy atom. The normalized spacial score (nSPS) is 12.2. The van der Waals surface area contributed by atoms with Gasteiger partial charge in [-0.25, -0.2) is 0 Å². The Balaban J connectivity index is 2.23. The van der Waals surface area contributed by atoms with Crippen LogP contribution in [0, 0.1) is 6.92 Å². The molecule has 0 saturated carbocycles. The van der Waals surface area contributed by atoms with Crippen molar-refractivity contribution < 1.29 is 5.11 Å². The van der Waals surface area contributed by atoms with E-state index in [1.807, 2.05) is 67.4 Å². The minimum absolute atomic E-state index is 0.613. The van der Waals surface area contributed by atoms with Gasteiger partial charge in [0.25, 0.3) is 0 Å². The molecule has 2 aromatic rings. The Hall–Kier alpha value is -1.80. The van der Waals surface area contributed by atoms with E-state index in [2.05, 4.69) is 6.07 Å². The van der Waals surface area contributed by atoms with Crippen molar-refractivity contribution in [2.45, 2.75) is 13.2 Å². The van der Waals surface area contributed by atoms with E-state index in [9.17, 15) is 5.11 Å². The lowest BCUT2D eigenvalue weighted by Gasteiger charge is -2.26. The van der Waals surface area contributed by atoms with Crippen LogP contribution in [0.4, 0.5) is 5.69 Å². The van der Waals surface area contributed by atoms with Gasteiger partial charge in [-0.1, -0.05) is 42.5 Å². The largest absolute Gasteiger partial charge is 0.369 e. The van der Waals surface area contributed by atoms with E-state index in [1.165, 1.54) is 5.56 Å². The van der Waals surface area contributed by atoms with Crippen LogP contribution in [-0.4, -0.2) is 12.2 Å². The lowest BCUT2D eigenvalue weighted by molar-refractivity contribution is 0.178. The third-order valence-corrected chi connectivity index (χ3v) is 2.87. The molecule has 2 rings (SSSR count). The topological polar surface area (TPSA) is 23.5 Å². The molecule has 0 amide bonds. The average molecular weight is 227 g/mol. The second-order valence-electron chi connectivity index (χ2n) is 4.23. The van der Waals surface area contributed by atoms with Gasteiger partial charge in [-0.05, 0) is 24.6 Å². The monoisotopic (exact) mass is 227 g/mol. The predicted octanol–water partition coefficient (Wildman–Crippen LogP) is 3.12. The summed E-state index contributed by atoms with van der Waals surface area (Å²) in [6, 6.07) is 17.8. The Kier molecular flexibility index (Phi) is 3.45. The highest BCUT2D eigenvalue weighted by molar-refractivity contribution is 5.49. The van der Waals surface area contributed by atoms with Crippen LogP contribution in [0.3, 0.4) is 0 Å². The predicted molar refractivity (Wildman–Crippen MR) is 71.0 cm³/mol. The average Bonchev–Trinajstić information content (AvgIpc) is 2.38. The summed E-state index contributed by atoms with van der Waals surface area (Å²) in [5, 5.41) is 10.3. The lowest BCUT2D eigenvalue weighted by Crippen LogP contribution is -2.23. The summed E-state index contributed by atoms with van der Waals surface area (Å²) >= 11 is 0. The summed E-state index contributed by atoms with van der Waals surface area (Å²) in [4.78, 5) is 1.86. The number of nitrogens with zero attached hydrogens (tertiary/aromatic N) is 1. The molecule has 2 heteroatoms. The van der Waals surface area contributed by atoms with Gasteiger partial charge in [0.1, 0.15) is 0 Å². The Morgan fingerprint density at radius 2 is 1.71 bits per heavy atom. The van der Waals surface area contributed by atoms with Crippen LogP contribution in [0.2, 0.25) is 0 Å². The summed E-state index contributed by atoms with van der Waals surface area (Å²) < 4.78 is 0. The highest BCUT2D eigenvalue weighted by Gasteiger charge is 2.13. The smallest absolute Gasteiger partial charge is 0.153 e. The molecular formula is C15H17NO. The summed E-state index contributed by atoms with van der Waals surface area (Å²) in [6.07, 6.45) is -0.613. The quantitative estimate of drug-likeness (QED) is 0.814. The molecule has 88 valence electrons. The molecule has 0 heterocycles. The molecule has 0 aliphatic carbocycles. The van der Waals surface area contributed by atoms with Gasteiger partial charge in [0, 0.05) is 18.3 Å². The van der Waals surface area contributed by atoms with Crippen molar-refractivity contribution in [3.05, 3.63) is 65.7 Å². The molecule has 2 aromatic carbocycles. The highest BCUT2D eigenvalue weighted by atomic mass is 16.3. The van der Waals surface area contributed by atoms with Gasteiger partial charge in [0.05, 0.1) is 0 Å². The molecule has 1 unspecified atom stereocenters. The molecule has 0 aliphatic heterocycles. The van der Waals surface area contributed by atoms with E-state index in [0.717, 1.165) is 11.3 Å². The molecule has 0 radical (unpaired) electrons. The number of benzene rings is 2. The first kappa shape index (κ1) is 11.7. The third kappa shape index (κ3) is 2.66. The Bertz CT molecular complexity index is 481. The third-order valence-electron chi connectivity index (χ3n) is 2.87. The number of aliphatic hydroxyl groups excluding tert-OH is 1. The van der Waals surface area contributed by atoms with Crippen LogP contribution in [0.25, 0.3) is 0 Å². The van der Waals surface area contributed by atoms with Crippen LogP contribution < -0.4 is 4.90 Å². The van der Waals surface area contributed by atoms with E-state index < -0.39 is 6.23 Å². The van der Waals surface area contributed by atoms with Gasteiger partial charge >= 0.3 is 0 Å². The number of rotatable bonds is 3. The fourth-order valence-electron chi connectivity index (χ4n) is 1.84. The van der Waals surface area contributed by atoms with Gasteiger partial charge in [0.15, 0.2) is 6.23 Å². The van der Waals surface area contributed by atoms with Gasteiger partial charge in [0.2, 0.25) is 0 Å². The first-order valence-corrected chi connectivity index (χ1v) is 5.71. The van der Waals surface area contributed by atoms with Crippen molar-refractivity contribution in [2.24, 2.45) is 0 Å². The molecule has 0 fully saturated rings. The van der Waals surface area contributed by atoms with E-state index in [0.29, 0.717) is 0 Å². The van der Waals surface area contributed by atoms with Crippen molar-refractivity contribution >= 4 is 5.69 Å². The van der Waals surface area contributed by atoms with Crippen molar-refractivity contribution in [3.8, 4) is 0 Å². The molecule has 0 spiro atoms. The molecule has 1 N–H and O–H groups in total. The minimum atomic E-state index is -0.613. The second-order valence-corrected chi connectivity index (χ2v) is 4.23. The standard InChI is InChI=1S/C15H17NO/c1-12-7-6-10-14(11-12)16(2)15(17)13-8-4-3-5-9-13/h3-11,15,17H,1-2H3. The first-order valence-electron chi connectivity index (χ1n) is 5.71. The molecule has 0 saturated heterocycles. The maximum absolute atomic E-state index is 10.3. The molecule has 0 bridgehead atoms. The zero-order chi connectivity index (χ0) is 12.3. The Morgan fingerprint density at radius 3 is 2.35 bits per heavy atom. The highest BCUT2D eigenvalue weighted by Crippen LogP contribution is 2.23. The van der Waals surface area contributed by atoms with E-state index in [-0.39, 0.29) is 0 Å². The van der Waals surface area contributed by atoms with Crippen molar-refractivity contribution in [3.63, 3.8) is 0 Å². The number of aryl methyl sites for hydroxylation is 1. The first-order chi connectivity index (χ1) is 8.18. The maximum Gasteiger partial charge on any atom is 0.153 e. The van der Waals surface area contributed by atoms with Crippen LogP contribution >= 0.6 is 0 Å². The van der Waals surface area contributed by atoms with Crippen LogP contribution in [0.1, 0.15) is 17.4 Å². The Labute approximate surface area is 102 Å². The van der Waals surface area contributed by atoms with Crippen LogP contribution in [-0.2, 0) is 0 Å². The molecule has 1 atom stereocenters. The van der Waals surface area contributed by atoms with Crippen molar-refractivity contribution in [1.29, 1.82) is 0 Å². The summed E-state index contributed by atoms with van der Waals surface area (Å²) in [5.41, 5.74) is 3.10. The van der Waals surface area contributed by atoms with E-state index in [1.54, 1.807) is 0 Å². The van der Waals surface area contributed by atoms with Gasteiger partial charge in [-0.2, -0.15) is 0 Å². The minimum Gasteiger partial charge on any atom is -0.369 e. The number of aliphatic hydroxyl groups is 1. The maximum atomic E-state index is 10.3. The molecule has 0 aliphatic rings. The van der Waals surface area contributed by atoms with Crippen LogP contribution in [0.5, 0.6) is 0 Å². The summed E-state index contributed by atoms with van der Waals surface area (Å²) in [7, 11) is 1.90. The summed E-state index contributed by atoms with van der Waals surface area (Å²) in [5.74, 6) is 0. The fourth-order valence-corrected chi connectivity index (χ4v) is 1.84. The number of hydrogen-bond donors (Lipinski definition) is 1. The molecular weight excluding hydrogens is 210 g/mol. The molecule has 0 aromatic heterocycles. The van der Waals surface area contributed by atoms with Crippen LogP contribution in [0.15, 0.2) is 54.6 Å². The fraction of sp³-hybridized carbons (Fsp3) is 0.200. The zero-order valence-electron chi connectivity index (χ0n) is 10.2. The van der Waals surface area contributed by atoms with Crippen molar-refractivity contribution in [2.75, 3.05) is 11.9 Å². The van der Waals surface area contributed by atoms with Gasteiger partial charge in [-0.3, -0.25) is 0 Å². The summed E-state index contributed by atoms with van der Waals surface area (Å²) in [6.45, 7) is 2.05. The lowest BCUT2D eigenvalue weighted by atomic mass is 10.1. The van der Waals surface area contributed by atoms with Gasteiger partial charge < -0.3 is 10.0 Å². The zero-order valence-corrected chi connectivity index (χ0v) is 10.2. The van der Waals surface area contributed by atoms with E-state index >= 15 is 0 Å². The van der Waals surface area contributed by atoms with Gasteiger partial charge in [-0.15, -0.1) is 0 Å². The SMILES string of the molecule is Cc1cccc(N(C)C(O)c2ccccc2)c1. The number of anilines is 1. The molecule has 2 nitrogen and oxygen atoms in total. The van der Waals surface area contributed by atoms with Crippen molar-refractivity contribution in [1.82, 2.24) is 0 Å². The molecule has 17 heavy (non-hydrogen) atoms. The number of hydrogen-bond acceptors (Lipinski definition) is 2.